The molecule has 20 heavy (non-hydrogen) atoms. The van der Waals surface area contributed by atoms with Gasteiger partial charge in [0.15, 0.2) is 5.69 Å². The molecular weight excluding hydrogens is 256 g/mol. The first-order valence-corrected chi connectivity index (χ1v) is 7.07. The van der Waals surface area contributed by atoms with Gasteiger partial charge in [-0.1, -0.05) is 20.8 Å². The summed E-state index contributed by atoms with van der Waals surface area (Å²) in [6, 6.07) is 3.42. The molecule has 0 aromatic carbocycles. The van der Waals surface area contributed by atoms with Crippen LogP contribution in [0.4, 0.5) is 5.82 Å². The van der Waals surface area contributed by atoms with Gasteiger partial charge in [0.05, 0.1) is 6.61 Å². The lowest BCUT2D eigenvalue weighted by atomic mass is 10.2. The summed E-state index contributed by atoms with van der Waals surface area (Å²) in [4.78, 5) is 11.8. The number of carbonyl (C=O) groups excluding carboxylic acids is 1. The fourth-order valence-electron chi connectivity index (χ4n) is 1.45. The predicted molar refractivity (Wildman–Crippen MR) is 78.8 cm³/mol. The number of aromatic nitrogens is 2. The SMILES string of the molecule is CCCNc1ccc(C(=O)NCCOCC(C)C)nn1. The van der Waals surface area contributed by atoms with Gasteiger partial charge in [0.25, 0.3) is 5.91 Å². The van der Waals surface area contributed by atoms with E-state index in [1.807, 2.05) is 0 Å². The molecule has 0 atom stereocenters. The van der Waals surface area contributed by atoms with Crippen LogP contribution < -0.4 is 10.6 Å². The largest absolute Gasteiger partial charge is 0.379 e. The van der Waals surface area contributed by atoms with Crippen molar-refractivity contribution >= 4 is 11.7 Å². The second kappa shape index (κ2) is 9.25. The Bertz CT molecular complexity index is 393. The molecular formula is C14H24N4O2. The molecule has 0 radical (unpaired) electrons. The maximum Gasteiger partial charge on any atom is 0.271 e. The van der Waals surface area contributed by atoms with E-state index < -0.39 is 0 Å². The van der Waals surface area contributed by atoms with Crippen molar-refractivity contribution in [3.63, 3.8) is 0 Å². The van der Waals surface area contributed by atoms with E-state index in [1.165, 1.54) is 0 Å². The third kappa shape index (κ3) is 6.47. The molecule has 0 saturated heterocycles. The van der Waals surface area contributed by atoms with Gasteiger partial charge in [-0.05, 0) is 24.5 Å². The summed E-state index contributed by atoms with van der Waals surface area (Å²) < 4.78 is 5.38. The predicted octanol–water partition coefficient (Wildman–Crippen LogP) is 1.70. The number of hydrogen-bond donors (Lipinski definition) is 2. The fourth-order valence-corrected chi connectivity index (χ4v) is 1.45. The second-order valence-electron chi connectivity index (χ2n) is 4.96. The summed E-state index contributed by atoms with van der Waals surface area (Å²) in [5, 5.41) is 13.7. The number of carbonyl (C=O) groups is 1. The van der Waals surface area contributed by atoms with Gasteiger partial charge in [-0.2, -0.15) is 0 Å². The summed E-state index contributed by atoms with van der Waals surface area (Å²) in [6.45, 7) is 8.77. The smallest absolute Gasteiger partial charge is 0.271 e. The van der Waals surface area contributed by atoms with Gasteiger partial charge >= 0.3 is 0 Å². The zero-order valence-electron chi connectivity index (χ0n) is 12.5. The lowest BCUT2D eigenvalue weighted by molar-refractivity contribution is 0.0881. The number of nitrogens with one attached hydrogen (secondary N) is 2. The van der Waals surface area contributed by atoms with Crippen molar-refractivity contribution in [2.24, 2.45) is 5.92 Å². The van der Waals surface area contributed by atoms with Crippen molar-refractivity contribution in [2.45, 2.75) is 27.2 Å². The first-order chi connectivity index (χ1) is 9.63. The Labute approximate surface area is 120 Å². The number of ether oxygens (including phenoxy) is 1. The fraction of sp³-hybridized carbons (Fsp3) is 0.643. The van der Waals surface area contributed by atoms with Gasteiger partial charge in [0, 0.05) is 19.7 Å². The lowest BCUT2D eigenvalue weighted by Crippen LogP contribution is -2.28. The van der Waals surface area contributed by atoms with Crippen molar-refractivity contribution in [2.75, 3.05) is 31.6 Å². The van der Waals surface area contributed by atoms with Gasteiger partial charge in [-0.15, -0.1) is 10.2 Å². The number of nitrogens with zero attached hydrogens (tertiary/aromatic N) is 2. The van der Waals surface area contributed by atoms with Crippen LogP contribution in [-0.4, -0.2) is 42.4 Å². The van der Waals surface area contributed by atoms with Crippen LogP contribution in [0, 0.1) is 5.92 Å². The molecule has 0 aliphatic rings. The molecule has 0 fully saturated rings. The summed E-state index contributed by atoms with van der Waals surface area (Å²) in [5.74, 6) is 0.955. The normalized spacial score (nSPS) is 10.6. The Kier molecular flexibility index (Phi) is 7.57. The van der Waals surface area contributed by atoms with Crippen molar-refractivity contribution in [3.05, 3.63) is 17.8 Å². The first kappa shape index (κ1) is 16.4. The highest BCUT2D eigenvalue weighted by atomic mass is 16.5. The summed E-state index contributed by atoms with van der Waals surface area (Å²) in [7, 11) is 0. The van der Waals surface area contributed by atoms with Crippen LogP contribution in [0.3, 0.4) is 0 Å². The molecule has 0 saturated carbocycles. The standard InChI is InChI=1S/C14H24N4O2/c1-4-7-15-13-6-5-12(17-18-13)14(19)16-8-9-20-10-11(2)3/h5-6,11H,4,7-10H2,1-3H3,(H,15,18)(H,16,19). The number of rotatable bonds is 9. The van der Waals surface area contributed by atoms with E-state index in [0.29, 0.717) is 37.2 Å². The van der Waals surface area contributed by atoms with E-state index in [2.05, 4.69) is 41.6 Å². The molecule has 0 spiro atoms. The lowest BCUT2D eigenvalue weighted by Gasteiger charge is -2.08. The molecule has 0 unspecified atom stereocenters. The minimum Gasteiger partial charge on any atom is -0.379 e. The molecule has 0 aliphatic heterocycles. The summed E-state index contributed by atoms with van der Waals surface area (Å²) in [6.07, 6.45) is 1.01. The van der Waals surface area contributed by atoms with E-state index >= 15 is 0 Å². The average Bonchev–Trinajstić information content (AvgIpc) is 2.44. The maximum absolute atomic E-state index is 11.8. The minimum atomic E-state index is -0.229. The molecule has 1 aromatic rings. The van der Waals surface area contributed by atoms with Crippen LogP contribution in [0.5, 0.6) is 0 Å². The molecule has 1 amide bonds. The molecule has 112 valence electrons. The molecule has 1 aromatic heterocycles. The third-order valence-corrected chi connectivity index (χ3v) is 2.44. The Morgan fingerprint density at radius 2 is 2.10 bits per heavy atom. The highest BCUT2D eigenvalue weighted by Crippen LogP contribution is 2.01. The average molecular weight is 280 g/mol. The number of amides is 1. The van der Waals surface area contributed by atoms with Gasteiger partial charge in [-0.25, -0.2) is 0 Å². The quantitative estimate of drug-likeness (QED) is 0.673. The van der Waals surface area contributed by atoms with E-state index in [0.717, 1.165) is 13.0 Å². The second-order valence-corrected chi connectivity index (χ2v) is 4.96. The van der Waals surface area contributed by atoms with Crippen LogP contribution in [0.1, 0.15) is 37.7 Å². The minimum absolute atomic E-state index is 0.229. The third-order valence-electron chi connectivity index (χ3n) is 2.44. The Balaban J connectivity index is 2.29. The van der Waals surface area contributed by atoms with Crippen LogP contribution in [0.2, 0.25) is 0 Å². The number of hydrogen-bond acceptors (Lipinski definition) is 5. The Morgan fingerprint density at radius 3 is 2.70 bits per heavy atom. The molecule has 0 aliphatic carbocycles. The van der Waals surface area contributed by atoms with Crippen molar-refractivity contribution in [1.29, 1.82) is 0 Å². The van der Waals surface area contributed by atoms with Crippen molar-refractivity contribution in [1.82, 2.24) is 15.5 Å². The Morgan fingerprint density at radius 1 is 1.30 bits per heavy atom. The number of anilines is 1. The van der Waals surface area contributed by atoms with Crippen LogP contribution in [0.15, 0.2) is 12.1 Å². The van der Waals surface area contributed by atoms with E-state index in [-0.39, 0.29) is 5.91 Å². The van der Waals surface area contributed by atoms with Crippen LogP contribution in [0.25, 0.3) is 0 Å². The maximum atomic E-state index is 11.8. The van der Waals surface area contributed by atoms with Gasteiger partial charge < -0.3 is 15.4 Å². The van der Waals surface area contributed by atoms with Crippen LogP contribution in [-0.2, 0) is 4.74 Å². The highest BCUT2D eigenvalue weighted by molar-refractivity contribution is 5.92. The topological polar surface area (TPSA) is 76.1 Å². The highest BCUT2D eigenvalue weighted by Gasteiger charge is 2.07. The van der Waals surface area contributed by atoms with Gasteiger partial charge in [0.1, 0.15) is 5.82 Å². The van der Waals surface area contributed by atoms with Gasteiger partial charge in [0.2, 0.25) is 0 Å². The Hall–Kier alpha value is -1.69. The summed E-state index contributed by atoms with van der Waals surface area (Å²) >= 11 is 0. The molecule has 1 heterocycles. The zero-order chi connectivity index (χ0) is 14.8. The van der Waals surface area contributed by atoms with E-state index in [4.69, 9.17) is 4.74 Å². The zero-order valence-corrected chi connectivity index (χ0v) is 12.5. The monoisotopic (exact) mass is 280 g/mol. The molecule has 0 bridgehead atoms. The first-order valence-electron chi connectivity index (χ1n) is 7.07. The summed E-state index contributed by atoms with van der Waals surface area (Å²) in [5.41, 5.74) is 0.316. The van der Waals surface area contributed by atoms with E-state index in [1.54, 1.807) is 12.1 Å². The molecule has 2 N–H and O–H groups in total. The molecule has 6 heteroatoms. The van der Waals surface area contributed by atoms with Crippen molar-refractivity contribution in [3.8, 4) is 0 Å². The molecule has 6 nitrogen and oxygen atoms in total. The van der Waals surface area contributed by atoms with E-state index in [9.17, 15) is 4.79 Å². The van der Waals surface area contributed by atoms with Crippen LogP contribution >= 0.6 is 0 Å². The van der Waals surface area contributed by atoms with Crippen molar-refractivity contribution < 1.29 is 9.53 Å². The van der Waals surface area contributed by atoms with Gasteiger partial charge in [-0.3, -0.25) is 4.79 Å². The molecule has 1 rings (SSSR count).